The third-order valence-electron chi connectivity index (χ3n) is 4.92. The highest BCUT2D eigenvalue weighted by Crippen LogP contribution is 2.27. The number of thioether (sulfide) groups is 1. The minimum absolute atomic E-state index is 0.757. The van der Waals surface area contributed by atoms with Gasteiger partial charge in [-0.2, -0.15) is 0 Å². The van der Waals surface area contributed by atoms with Crippen LogP contribution in [0.2, 0.25) is 0 Å². The SMILES string of the molecule is c1ccc(CN2CCN=C2N2CCC(CSc3ccccc3)C2)cc1. The van der Waals surface area contributed by atoms with E-state index in [2.05, 4.69) is 70.5 Å². The maximum atomic E-state index is 4.81. The molecule has 2 aliphatic heterocycles. The van der Waals surface area contributed by atoms with E-state index < -0.39 is 0 Å². The number of aliphatic imine (C=N–C) groups is 1. The van der Waals surface area contributed by atoms with E-state index in [1.165, 1.54) is 28.6 Å². The zero-order valence-corrected chi connectivity index (χ0v) is 15.4. The van der Waals surface area contributed by atoms with Crippen molar-refractivity contribution in [2.24, 2.45) is 10.9 Å². The van der Waals surface area contributed by atoms with Gasteiger partial charge in [0.15, 0.2) is 5.96 Å². The van der Waals surface area contributed by atoms with Crippen molar-refractivity contribution >= 4 is 17.7 Å². The molecule has 0 radical (unpaired) electrons. The van der Waals surface area contributed by atoms with Crippen LogP contribution < -0.4 is 0 Å². The third-order valence-corrected chi connectivity index (χ3v) is 6.16. The lowest BCUT2D eigenvalue weighted by Gasteiger charge is -2.28. The second-order valence-corrected chi connectivity index (χ2v) is 7.91. The van der Waals surface area contributed by atoms with Gasteiger partial charge in [-0.05, 0) is 30.0 Å². The Balaban J connectivity index is 1.31. The second kappa shape index (κ2) is 7.96. The van der Waals surface area contributed by atoms with E-state index in [0.717, 1.165) is 38.6 Å². The maximum absolute atomic E-state index is 4.81. The summed E-state index contributed by atoms with van der Waals surface area (Å²) in [4.78, 5) is 11.1. The van der Waals surface area contributed by atoms with Crippen molar-refractivity contribution in [2.45, 2.75) is 17.9 Å². The van der Waals surface area contributed by atoms with Gasteiger partial charge in [-0.15, -0.1) is 11.8 Å². The van der Waals surface area contributed by atoms with Gasteiger partial charge in [0.1, 0.15) is 0 Å². The molecule has 0 spiro atoms. The molecule has 2 aromatic rings. The highest BCUT2D eigenvalue weighted by molar-refractivity contribution is 7.99. The first kappa shape index (κ1) is 16.5. The van der Waals surface area contributed by atoms with Crippen LogP contribution >= 0.6 is 11.8 Å². The Hall–Kier alpha value is -1.94. The van der Waals surface area contributed by atoms with Crippen LogP contribution in [0.15, 0.2) is 70.6 Å². The van der Waals surface area contributed by atoms with Crippen LogP contribution in [0.3, 0.4) is 0 Å². The first-order chi connectivity index (χ1) is 12.4. The van der Waals surface area contributed by atoms with Crippen molar-refractivity contribution in [3.63, 3.8) is 0 Å². The van der Waals surface area contributed by atoms with Crippen molar-refractivity contribution in [3.8, 4) is 0 Å². The average molecular weight is 352 g/mol. The minimum Gasteiger partial charge on any atom is -0.343 e. The van der Waals surface area contributed by atoms with Gasteiger partial charge in [0, 0.05) is 36.8 Å². The fourth-order valence-corrected chi connectivity index (χ4v) is 4.66. The summed E-state index contributed by atoms with van der Waals surface area (Å²) in [5, 5.41) is 0. The molecule has 0 aromatic heterocycles. The van der Waals surface area contributed by atoms with E-state index in [0.29, 0.717) is 0 Å². The van der Waals surface area contributed by atoms with E-state index in [-0.39, 0.29) is 0 Å². The van der Waals surface area contributed by atoms with Crippen molar-refractivity contribution in [1.29, 1.82) is 0 Å². The maximum Gasteiger partial charge on any atom is 0.197 e. The monoisotopic (exact) mass is 351 g/mol. The zero-order chi connectivity index (χ0) is 16.9. The van der Waals surface area contributed by atoms with Crippen molar-refractivity contribution in [2.75, 3.05) is 31.9 Å². The topological polar surface area (TPSA) is 18.8 Å². The molecule has 2 heterocycles. The van der Waals surface area contributed by atoms with Crippen LogP contribution in [0.5, 0.6) is 0 Å². The molecule has 4 rings (SSSR count). The molecule has 0 aliphatic carbocycles. The summed E-state index contributed by atoms with van der Waals surface area (Å²) in [6, 6.07) is 21.5. The molecule has 2 aliphatic rings. The molecule has 2 aromatic carbocycles. The van der Waals surface area contributed by atoms with Crippen LogP contribution in [0.1, 0.15) is 12.0 Å². The van der Waals surface area contributed by atoms with Crippen LogP contribution in [-0.2, 0) is 6.54 Å². The standard InChI is InChI=1S/C21H25N3S/c1-3-7-18(8-4-1)15-24-14-12-22-21(24)23-13-11-19(16-23)17-25-20-9-5-2-6-10-20/h1-10,19H,11-17H2. The number of hydrogen-bond donors (Lipinski definition) is 0. The van der Waals surface area contributed by atoms with Crippen LogP contribution in [0.25, 0.3) is 0 Å². The van der Waals surface area contributed by atoms with Crippen molar-refractivity contribution in [3.05, 3.63) is 66.2 Å². The summed E-state index contributed by atoms with van der Waals surface area (Å²) in [5.74, 6) is 3.18. The smallest absolute Gasteiger partial charge is 0.197 e. The predicted octanol–water partition coefficient (Wildman–Crippen LogP) is 3.97. The summed E-state index contributed by atoms with van der Waals surface area (Å²) >= 11 is 1.99. The van der Waals surface area contributed by atoms with E-state index in [4.69, 9.17) is 4.99 Å². The minimum atomic E-state index is 0.757. The van der Waals surface area contributed by atoms with Crippen LogP contribution in [0.4, 0.5) is 0 Å². The quantitative estimate of drug-likeness (QED) is 0.760. The first-order valence-electron chi connectivity index (χ1n) is 9.14. The normalized spacial score (nSPS) is 20.2. The molecular formula is C21H25N3S. The Morgan fingerprint density at radius 2 is 1.72 bits per heavy atom. The van der Waals surface area contributed by atoms with Gasteiger partial charge in [0.05, 0.1) is 6.54 Å². The summed E-state index contributed by atoms with van der Waals surface area (Å²) in [5.41, 5.74) is 1.37. The molecule has 1 atom stereocenters. The molecule has 130 valence electrons. The van der Waals surface area contributed by atoms with Crippen molar-refractivity contribution < 1.29 is 0 Å². The molecule has 1 unspecified atom stereocenters. The highest BCUT2D eigenvalue weighted by atomic mass is 32.2. The van der Waals surface area contributed by atoms with Gasteiger partial charge in [-0.1, -0.05) is 48.5 Å². The molecule has 1 saturated heterocycles. The number of hydrogen-bond acceptors (Lipinski definition) is 4. The lowest BCUT2D eigenvalue weighted by molar-refractivity contribution is 0.367. The number of nitrogens with zero attached hydrogens (tertiary/aromatic N) is 3. The number of likely N-dealkylation sites (tertiary alicyclic amines) is 1. The van der Waals surface area contributed by atoms with E-state index in [1.807, 2.05) is 11.8 Å². The Labute approximate surface area is 154 Å². The summed E-state index contributed by atoms with van der Waals surface area (Å²) in [6.07, 6.45) is 1.28. The largest absolute Gasteiger partial charge is 0.343 e. The number of guanidine groups is 1. The van der Waals surface area contributed by atoms with Gasteiger partial charge in [-0.25, -0.2) is 0 Å². The van der Waals surface area contributed by atoms with E-state index in [9.17, 15) is 0 Å². The number of benzene rings is 2. The molecule has 0 saturated carbocycles. The van der Waals surface area contributed by atoms with Gasteiger partial charge in [0.25, 0.3) is 0 Å². The fraction of sp³-hybridized carbons (Fsp3) is 0.381. The Morgan fingerprint density at radius 3 is 2.52 bits per heavy atom. The predicted molar refractivity (Wildman–Crippen MR) is 106 cm³/mol. The van der Waals surface area contributed by atoms with E-state index in [1.54, 1.807) is 0 Å². The molecule has 4 heteroatoms. The third kappa shape index (κ3) is 4.18. The van der Waals surface area contributed by atoms with Gasteiger partial charge in [0.2, 0.25) is 0 Å². The van der Waals surface area contributed by atoms with Crippen LogP contribution in [0, 0.1) is 5.92 Å². The van der Waals surface area contributed by atoms with Gasteiger partial charge < -0.3 is 9.80 Å². The Morgan fingerprint density at radius 1 is 0.960 bits per heavy atom. The highest BCUT2D eigenvalue weighted by Gasteiger charge is 2.29. The molecular weight excluding hydrogens is 326 g/mol. The summed E-state index contributed by atoms with van der Waals surface area (Å²) in [6.45, 7) is 5.24. The van der Waals surface area contributed by atoms with Crippen LogP contribution in [-0.4, -0.2) is 47.7 Å². The number of rotatable bonds is 5. The average Bonchev–Trinajstić information content (AvgIpc) is 3.31. The molecule has 0 amide bonds. The van der Waals surface area contributed by atoms with Gasteiger partial charge >= 0.3 is 0 Å². The Bertz CT molecular complexity index is 702. The second-order valence-electron chi connectivity index (χ2n) is 6.81. The van der Waals surface area contributed by atoms with Crippen molar-refractivity contribution in [1.82, 2.24) is 9.80 Å². The first-order valence-corrected chi connectivity index (χ1v) is 10.1. The van der Waals surface area contributed by atoms with E-state index >= 15 is 0 Å². The molecule has 25 heavy (non-hydrogen) atoms. The Kier molecular flexibility index (Phi) is 5.26. The lowest BCUT2D eigenvalue weighted by atomic mass is 10.2. The molecule has 0 bridgehead atoms. The fourth-order valence-electron chi connectivity index (χ4n) is 3.61. The molecule has 1 fully saturated rings. The summed E-state index contributed by atoms with van der Waals surface area (Å²) < 4.78 is 0. The van der Waals surface area contributed by atoms with Gasteiger partial charge in [-0.3, -0.25) is 4.99 Å². The summed E-state index contributed by atoms with van der Waals surface area (Å²) in [7, 11) is 0. The molecule has 0 N–H and O–H groups in total. The zero-order valence-electron chi connectivity index (χ0n) is 14.6. The molecule has 3 nitrogen and oxygen atoms in total. The lowest BCUT2D eigenvalue weighted by Crippen LogP contribution is -2.40.